The van der Waals surface area contributed by atoms with Crippen molar-refractivity contribution in [3.63, 3.8) is 0 Å². The molecule has 2 bridgehead atoms. The van der Waals surface area contributed by atoms with E-state index in [4.69, 9.17) is 23.7 Å². The van der Waals surface area contributed by atoms with Gasteiger partial charge in [-0.1, -0.05) is 38.5 Å². The average Bonchev–Trinajstić information content (AvgIpc) is 3.24. The van der Waals surface area contributed by atoms with Crippen LogP contribution >= 0.6 is 11.8 Å². The zero-order valence-electron chi connectivity index (χ0n) is 37.8. The molecule has 0 spiro atoms. The van der Waals surface area contributed by atoms with Crippen molar-refractivity contribution in [3.8, 4) is 0 Å². The third kappa shape index (κ3) is 13.4. The summed E-state index contributed by atoms with van der Waals surface area (Å²) >= 11 is 1.62. The van der Waals surface area contributed by atoms with Crippen LogP contribution in [-0.4, -0.2) is 149 Å². The van der Waals surface area contributed by atoms with Crippen LogP contribution in [0.2, 0.25) is 0 Å². The van der Waals surface area contributed by atoms with Crippen LogP contribution in [0.1, 0.15) is 112 Å². The van der Waals surface area contributed by atoms with Crippen molar-refractivity contribution in [2.45, 2.75) is 166 Å². The largest absolute Gasteiger partial charge is 0.456 e. The topological polar surface area (TPSA) is 199 Å². The van der Waals surface area contributed by atoms with Crippen LogP contribution < -0.4 is 0 Å². The van der Waals surface area contributed by atoms with E-state index in [1.54, 1.807) is 32.7 Å². The number of Topliss-reactive ketones (excluding diaryl/α,β-unsaturated/α-hetero) is 2. The van der Waals surface area contributed by atoms with Crippen molar-refractivity contribution in [1.29, 1.82) is 0 Å². The van der Waals surface area contributed by atoms with Crippen LogP contribution in [0.15, 0.2) is 23.3 Å². The van der Waals surface area contributed by atoms with Crippen molar-refractivity contribution in [2.75, 3.05) is 46.0 Å². The maximum atomic E-state index is 14.4. The van der Waals surface area contributed by atoms with E-state index in [2.05, 4.69) is 6.92 Å². The number of ketones is 2. The SMILES string of the molecule is CO[C@H]1C[C@@H](C)C/C(C)=C/[C@@H](CCCSCCO)C(=O)C[C@H](O)[C@@H](C)[C@@H](/C(C)=C/[C@@H]2CC[C@@H](O)[C@H](OC)C2)OC(=O)[C@@H]2CCCCN2C(=O)C(=O)[C@]2(O)O[C@H]1[C@@H](OC)C[C@H]2C. The molecule has 2 saturated heterocycles. The summed E-state index contributed by atoms with van der Waals surface area (Å²) in [5.41, 5.74) is 1.63. The minimum Gasteiger partial charge on any atom is -0.456 e. The van der Waals surface area contributed by atoms with E-state index >= 15 is 0 Å². The molecule has 14 atom stereocenters. The molecule has 3 fully saturated rings. The fourth-order valence-electron chi connectivity index (χ4n) is 9.86. The highest BCUT2D eigenvalue weighted by Gasteiger charge is 2.56. The van der Waals surface area contributed by atoms with E-state index in [9.17, 15) is 39.6 Å². The molecule has 14 nitrogen and oxygen atoms in total. The maximum absolute atomic E-state index is 14.4. The second-order valence-corrected chi connectivity index (χ2v) is 19.5. The van der Waals surface area contributed by atoms with Gasteiger partial charge < -0.3 is 49.0 Å². The fraction of sp³-hybridized carbons (Fsp3) is 0.826. The first-order valence-electron chi connectivity index (χ1n) is 22.5. The van der Waals surface area contributed by atoms with E-state index in [1.165, 1.54) is 19.1 Å². The number of esters is 1. The third-order valence-corrected chi connectivity index (χ3v) is 14.5. The molecule has 61 heavy (non-hydrogen) atoms. The number of aliphatic hydroxyl groups is 4. The Morgan fingerprint density at radius 2 is 1.61 bits per heavy atom. The quantitative estimate of drug-likeness (QED) is 0.0975. The maximum Gasteiger partial charge on any atom is 0.329 e. The van der Waals surface area contributed by atoms with Gasteiger partial charge >= 0.3 is 5.97 Å². The smallest absolute Gasteiger partial charge is 0.329 e. The first-order valence-corrected chi connectivity index (χ1v) is 23.6. The predicted octanol–water partition coefficient (Wildman–Crippen LogP) is 4.57. The second-order valence-electron chi connectivity index (χ2n) is 18.2. The van der Waals surface area contributed by atoms with Crippen molar-refractivity contribution >= 4 is 35.2 Å². The van der Waals surface area contributed by atoms with Gasteiger partial charge in [0.2, 0.25) is 5.79 Å². The molecule has 1 aliphatic carbocycles. The summed E-state index contributed by atoms with van der Waals surface area (Å²) in [4.78, 5) is 58.4. The summed E-state index contributed by atoms with van der Waals surface area (Å²) in [6.07, 6.45) is 4.14. The molecule has 0 aromatic rings. The average molecular weight is 882 g/mol. The number of methoxy groups -OCH3 is 3. The number of aliphatic hydroxyl groups excluding tert-OH is 3. The molecule has 348 valence electrons. The van der Waals surface area contributed by atoms with Gasteiger partial charge in [-0.05, 0) is 108 Å². The Bertz CT molecular complexity index is 1520. The summed E-state index contributed by atoms with van der Waals surface area (Å²) in [5, 5.41) is 43.7. The summed E-state index contributed by atoms with van der Waals surface area (Å²) in [6.45, 7) is 9.38. The summed E-state index contributed by atoms with van der Waals surface area (Å²) in [5.74, 6) is -6.35. The molecule has 1 saturated carbocycles. The number of rotatable bonds is 11. The molecule has 0 aromatic heterocycles. The minimum absolute atomic E-state index is 0.00190. The van der Waals surface area contributed by atoms with Gasteiger partial charge in [0.05, 0.1) is 37.1 Å². The van der Waals surface area contributed by atoms with Crippen molar-refractivity contribution < 1.29 is 63.3 Å². The molecule has 3 heterocycles. The number of amides is 1. The monoisotopic (exact) mass is 881 g/mol. The number of carbonyl (C=O) groups is 4. The Kier molecular flexibility index (Phi) is 20.4. The molecular weight excluding hydrogens is 807 g/mol. The lowest BCUT2D eigenvalue weighted by molar-refractivity contribution is -0.302. The molecule has 15 heteroatoms. The van der Waals surface area contributed by atoms with Gasteiger partial charge in [-0.3, -0.25) is 14.4 Å². The Morgan fingerprint density at radius 3 is 2.28 bits per heavy atom. The van der Waals surface area contributed by atoms with Crippen LogP contribution in [0.4, 0.5) is 0 Å². The zero-order chi connectivity index (χ0) is 45.0. The van der Waals surface area contributed by atoms with Gasteiger partial charge in [0, 0.05) is 57.8 Å². The van der Waals surface area contributed by atoms with Gasteiger partial charge in [0.15, 0.2) is 0 Å². The summed E-state index contributed by atoms with van der Waals surface area (Å²) in [7, 11) is 4.62. The number of fused-ring (bicyclic) bond motifs is 3. The molecular formula is C46H75NO13S. The Hall–Kier alpha value is -2.21. The molecule has 1 amide bonds. The summed E-state index contributed by atoms with van der Waals surface area (Å²) < 4.78 is 29.9. The van der Waals surface area contributed by atoms with E-state index in [0.717, 1.165) is 17.7 Å². The van der Waals surface area contributed by atoms with Crippen LogP contribution in [0.25, 0.3) is 0 Å². The molecule has 0 radical (unpaired) electrons. The lowest BCUT2D eigenvalue weighted by Gasteiger charge is -2.47. The number of thioether (sulfide) groups is 1. The van der Waals surface area contributed by atoms with Crippen LogP contribution in [0.3, 0.4) is 0 Å². The number of ether oxygens (including phenoxy) is 5. The number of hydrogen-bond donors (Lipinski definition) is 4. The van der Waals surface area contributed by atoms with Crippen LogP contribution in [-0.2, 0) is 42.9 Å². The lowest BCUT2D eigenvalue weighted by Crippen LogP contribution is -2.64. The van der Waals surface area contributed by atoms with E-state index in [0.29, 0.717) is 62.7 Å². The predicted molar refractivity (Wildman–Crippen MR) is 231 cm³/mol. The Balaban J connectivity index is 1.77. The summed E-state index contributed by atoms with van der Waals surface area (Å²) in [6, 6.07) is -1.15. The van der Waals surface area contributed by atoms with E-state index in [-0.39, 0.29) is 56.1 Å². The standard InChI is InChI=1S/C46H75NO13S/c1-27-20-28(2)22-39(57-7)42-40(58-8)24-30(4)46(55,60-42)43(52)44(53)47-16-10-9-13-34(47)45(54)59-41(29(3)23-32-14-15-35(49)38(25-32)56-6)31(5)36(50)26-37(51)33(21-27)12-11-18-61-19-17-48/h21,23,28,30-36,38-42,48-50,55H,9-20,22,24-26H2,1-8H3/b27-21+,29-23+/t28-,30+,31+,32-,33+,34-,35+,36-,38+,39-,40-,41+,42+,46+/m0/s1. The van der Waals surface area contributed by atoms with E-state index in [1.807, 2.05) is 26.0 Å². The molecule has 4 N–H and O–H groups in total. The van der Waals surface area contributed by atoms with Gasteiger partial charge in [-0.2, -0.15) is 11.8 Å². The number of cyclic esters (lactones) is 1. The van der Waals surface area contributed by atoms with Crippen molar-refractivity contribution in [3.05, 3.63) is 23.3 Å². The number of nitrogens with zero attached hydrogens (tertiary/aromatic N) is 1. The highest BCUT2D eigenvalue weighted by molar-refractivity contribution is 7.99. The van der Waals surface area contributed by atoms with E-state index < -0.39 is 83.9 Å². The van der Waals surface area contributed by atoms with Crippen LogP contribution in [0.5, 0.6) is 0 Å². The molecule has 3 aliphatic heterocycles. The number of allylic oxidation sites excluding steroid dienone is 3. The first kappa shape index (κ1) is 51.4. The number of hydrogen-bond acceptors (Lipinski definition) is 14. The normalized spacial score (nSPS) is 39.1. The Morgan fingerprint density at radius 1 is 0.918 bits per heavy atom. The molecule has 4 aliphatic rings. The van der Waals surface area contributed by atoms with Gasteiger partial charge in [-0.15, -0.1) is 0 Å². The van der Waals surface area contributed by atoms with Gasteiger partial charge in [0.1, 0.15) is 24.0 Å². The Labute approximate surface area is 367 Å². The molecule has 0 unspecified atom stereocenters. The minimum atomic E-state index is -2.52. The van der Waals surface area contributed by atoms with Gasteiger partial charge in [-0.25, -0.2) is 4.79 Å². The van der Waals surface area contributed by atoms with Crippen molar-refractivity contribution in [1.82, 2.24) is 4.90 Å². The first-order chi connectivity index (χ1) is 29.0. The zero-order valence-corrected chi connectivity index (χ0v) is 38.6. The highest BCUT2D eigenvalue weighted by atomic mass is 32.2. The van der Waals surface area contributed by atoms with Gasteiger partial charge in [0.25, 0.3) is 11.7 Å². The fourth-order valence-corrected chi connectivity index (χ4v) is 10.6. The second kappa shape index (κ2) is 24.2. The molecule has 4 rings (SSSR count). The number of carbonyl (C=O) groups excluding carboxylic acids is 4. The van der Waals surface area contributed by atoms with Crippen LogP contribution in [0, 0.1) is 29.6 Å². The highest BCUT2D eigenvalue weighted by Crippen LogP contribution is 2.39. The van der Waals surface area contributed by atoms with Crippen molar-refractivity contribution in [2.24, 2.45) is 29.6 Å². The third-order valence-electron chi connectivity index (χ3n) is 13.5. The number of piperidine rings is 1. The molecule has 0 aromatic carbocycles. The lowest BCUT2D eigenvalue weighted by atomic mass is 9.81.